The van der Waals surface area contributed by atoms with Crippen molar-refractivity contribution in [2.24, 2.45) is 0 Å². The lowest BCUT2D eigenvalue weighted by molar-refractivity contribution is 0.0616. The molecule has 0 saturated carbocycles. The highest BCUT2D eigenvalue weighted by atomic mass is 79.9. The Bertz CT molecular complexity index is 947. The molecule has 2 atom stereocenters. The summed E-state index contributed by atoms with van der Waals surface area (Å²) in [5.41, 5.74) is 0. The third kappa shape index (κ3) is 12.7. The second-order valence-corrected chi connectivity index (χ2v) is 11.3. The Balaban J connectivity index is 0.000000180. The van der Waals surface area contributed by atoms with Crippen molar-refractivity contribution in [1.29, 1.82) is 0 Å². The van der Waals surface area contributed by atoms with Gasteiger partial charge in [0.2, 0.25) is 0 Å². The van der Waals surface area contributed by atoms with Crippen LogP contribution < -0.4 is 14.8 Å². The van der Waals surface area contributed by atoms with Gasteiger partial charge in [0, 0.05) is 18.7 Å². The number of aliphatic hydroxyl groups is 1. The van der Waals surface area contributed by atoms with Gasteiger partial charge in [-0.3, -0.25) is 0 Å². The van der Waals surface area contributed by atoms with Crippen LogP contribution >= 0.6 is 31.9 Å². The smallest absolute Gasteiger partial charge is 0.141 e. The lowest BCUT2D eigenvalue weighted by atomic mass is 10.1. The Labute approximate surface area is 241 Å². The Morgan fingerprint density at radius 3 is 1.92 bits per heavy atom. The monoisotopic (exact) mass is 662 g/mol. The molecule has 2 unspecified atom stereocenters. The lowest BCUT2D eigenvalue weighted by Crippen LogP contribution is -2.38. The number of hydrogen-bond acceptors (Lipinski definition) is 6. The maximum absolute atomic E-state index is 13.3. The first kappa shape index (κ1) is 31.2. The first-order valence-electron chi connectivity index (χ1n) is 13.3. The molecule has 2 aromatic carbocycles. The van der Waals surface area contributed by atoms with Gasteiger partial charge in [-0.1, -0.05) is 12.8 Å². The van der Waals surface area contributed by atoms with Crippen molar-refractivity contribution in [3.05, 3.63) is 57.0 Å². The van der Waals surface area contributed by atoms with Crippen molar-refractivity contribution in [3.63, 3.8) is 0 Å². The van der Waals surface area contributed by atoms with Gasteiger partial charge in [0.05, 0.1) is 15.6 Å². The van der Waals surface area contributed by atoms with Crippen molar-refractivity contribution in [2.75, 3.05) is 52.5 Å². The second-order valence-electron chi connectivity index (χ2n) is 9.55. The average Bonchev–Trinajstić information content (AvgIpc) is 3.77. The molecule has 2 aromatic rings. The van der Waals surface area contributed by atoms with Crippen LogP contribution in [0.5, 0.6) is 11.5 Å². The molecule has 212 valence electrons. The number of likely N-dealkylation sites (tertiary alicyclic amines) is 1. The summed E-state index contributed by atoms with van der Waals surface area (Å²) in [6.45, 7) is 6.66. The van der Waals surface area contributed by atoms with Gasteiger partial charge in [-0.05, 0) is 108 Å². The lowest BCUT2D eigenvalue weighted by Gasteiger charge is -2.28. The second kappa shape index (κ2) is 17.4. The normalized spacial score (nSPS) is 19.8. The molecule has 38 heavy (non-hydrogen) atoms. The molecule has 6 nitrogen and oxygen atoms in total. The van der Waals surface area contributed by atoms with Gasteiger partial charge < -0.3 is 29.5 Å². The van der Waals surface area contributed by atoms with Gasteiger partial charge >= 0.3 is 0 Å². The molecular weight excluding hydrogens is 626 g/mol. The summed E-state index contributed by atoms with van der Waals surface area (Å²) in [6, 6.07) is 9.29. The molecule has 0 bridgehead atoms. The maximum atomic E-state index is 13.3. The van der Waals surface area contributed by atoms with Gasteiger partial charge in [0.1, 0.15) is 48.6 Å². The molecule has 0 radical (unpaired) electrons. The fraction of sp³-hybridized carbons (Fsp3) is 0.571. The molecule has 3 saturated heterocycles. The van der Waals surface area contributed by atoms with Crippen molar-refractivity contribution in [3.8, 4) is 11.5 Å². The molecule has 0 amide bonds. The Hall–Kier alpha value is -1.30. The van der Waals surface area contributed by atoms with E-state index < -0.39 is 6.10 Å². The summed E-state index contributed by atoms with van der Waals surface area (Å²) in [5, 5.41) is 13.2. The van der Waals surface area contributed by atoms with Gasteiger partial charge in [0.15, 0.2) is 0 Å². The summed E-state index contributed by atoms with van der Waals surface area (Å²) in [6.07, 6.45) is 7.56. The molecular formula is C28H38Br2F2N2O4. The van der Waals surface area contributed by atoms with Crippen molar-refractivity contribution in [2.45, 2.75) is 50.7 Å². The predicted molar refractivity (Wildman–Crippen MR) is 152 cm³/mol. The van der Waals surface area contributed by atoms with Crippen LogP contribution in [0.3, 0.4) is 0 Å². The van der Waals surface area contributed by atoms with Crippen LogP contribution in [0, 0.1) is 11.6 Å². The van der Waals surface area contributed by atoms with E-state index in [-0.39, 0.29) is 24.3 Å². The maximum Gasteiger partial charge on any atom is 0.141 e. The molecule has 0 spiro atoms. The van der Waals surface area contributed by atoms with E-state index in [0.29, 0.717) is 33.6 Å². The summed E-state index contributed by atoms with van der Waals surface area (Å²) in [7, 11) is 0. The number of aliphatic hydroxyl groups excluding tert-OH is 1. The van der Waals surface area contributed by atoms with E-state index in [4.69, 9.17) is 14.2 Å². The van der Waals surface area contributed by atoms with Crippen LogP contribution in [-0.4, -0.2) is 74.8 Å². The minimum absolute atomic E-state index is 0.192. The van der Waals surface area contributed by atoms with Gasteiger partial charge in [-0.25, -0.2) is 8.78 Å². The summed E-state index contributed by atoms with van der Waals surface area (Å²) < 4.78 is 42.7. The molecule has 5 rings (SSSR count). The number of rotatable bonds is 8. The molecule has 10 heteroatoms. The highest BCUT2D eigenvalue weighted by Crippen LogP contribution is 2.22. The Morgan fingerprint density at radius 2 is 1.45 bits per heavy atom. The van der Waals surface area contributed by atoms with Crippen LogP contribution in [0.2, 0.25) is 0 Å². The van der Waals surface area contributed by atoms with E-state index in [2.05, 4.69) is 42.1 Å². The molecule has 3 heterocycles. The number of nitrogens with one attached hydrogen (secondary N) is 1. The fourth-order valence-electron chi connectivity index (χ4n) is 3.97. The van der Waals surface area contributed by atoms with Gasteiger partial charge in [-0.15, -0.1) is 0 Å². The number of piperidine rings is 2. The zero-order valence-electron chi connectivity index (χ0n) is 21.6. The number of ether oxygens (including phenoxy) is 3. The van der Waals surface area contributed by atoms with E-state index in [1.165, 1.54) is 63.7 Å². The van der Waals surface area contributed by atoms with Crippen LogP contribution in [0.4, 0.5) is 8.78 Å². The number of benzene rings is 2. The van der Waals surface area contributed by atoms with Crippen LogP contribution in [0.15, 0.2) is 45.3 Å². The van der Waals surface area contributed by atoms with Crippen molar-refractivity contribution >= 4 is 31.9 Å². The fourth-order valence-corrected chi connectivity index (χ4v) is 4.47. The van der Waals surface area contributed by atoms with Crippen LogP contribution in [-0.2, 0) is 4.74 Å². The number of hydrogen-bond donors (Lipinski definition) is 2. The SMILES string of the molecule is C1CCNCC1.Fc1cc(OCC2CO2)ccc1Br.OC(COc1ccc(Br)c(F)c1)CN1CCCCC1. The molecule has 3 aliphatic heterocycles. The van der Waals surface area contributed by atoms with Crippen LogP contribution in [0.1, 0.15) is 38.5 Å². The zero-order chi connectivity index (χ0) is 27.2. The van der Waals surface area contributed by atoms with Gasteiger partial charge in [-0.2, -0.15) is 0 Å². The summed E-state index contributed by atoms with van der Waals surface area (Å²) >= 11 is 6.16. The highest BCUT2D eigenvalue weighted by molar-refractivity contribution is 9.10. The number of epoxide rings is 1. The standard InChI is InChI=1S/C14H19BrFNO2.C9H8BrFO2.C5H11N/c15-13-5-4-12(8-14(13)16)19-10-11(18)9-17-6-2-1-3-7-17;10-8-2-1-6(3-9(8)11)12-4-7-5-13-7;1-2-4-6-5-3-1/h4-5,8,11,18H,1-3,6-7,9-10H2;1-3,7H,4-5H2;6H,1-5H2. The minimum Gasteiger partial charge on any atom is -0.491 e. The zero-order valence-corrected chi connectivity index (χ0v) is 24.8. The molecule has 0 aliphatic carbocycles. The quantitative estimate of drug-likeness (QED) is 0.341. The van der Waals surface area contributed by atoms with E-state index in [9.17, 15) is 13.9 Å². The van der Waals surface area contributed by atoms with Crippen LogP contribution in [0.25, 0.3) is 0 Å². The third-order valence-corrected chi connectivity index (χ3v) is 7.47. The first-order chi connectivity index (χ1) is 18.4. The third-order valence-electron chi connectivity index (χ3n) is 6.19. The topological polar surface area (TPSA) is 66.5 Å². The highest BCUT2D eigenvalue weighted by Gasteiger charge is 2.23. The van der Waals surface area contributed by atoms with E-state index >= 15 is 0 Å². The van der Waals surface area contributed by atoms with Crippen molar-refractivity contribution in [1.82, 2.24) is 10.2 Å². The van der Waals surface area contributed by atoms with E-state index in [1.807, 2.05) is 0 Å². The van der Waals surface area contributed by atoms with E-state index in [1.54, 1.807) is 24.3 Å². The molecule has 3 fully saturated rings. The van der Waals surface area contributed by atoms with Gasteiger partial charge in [0.25, 0.3) is 0 Å². The number of nitrogens with zero attached hydrogens (tertiary/aromatic N) is 1. The number of halogens is 4. The molecule has 3 aliphatic rings. The Morgan fingerprint density at radius 1 is 0.895 bits per heavy atom. The average molecular weight is 664 g/mol. The largest absolute Gasteiger partial charge is 0.491 e. The molecule has 2 N–H and O–H groups in total. The van der Waals surface area contributed by atoms with E-state index in [0.717, 1.165) is 19.7 Å². The minimum atomic E-state index is -0.537. The van der Waals surface area contributed by atoms with Crippen molar-refractivity contribution < 1.29 is 28.1 Å². The predicted octanol–water partition coefficient (Wildman–Crippen LogP) is 5.94. The summed E-state index contributed by atoms with van der Waals surface area (Å²) in [5.74, 6) is 0.312. The Kier molecular flexibility index (Phi) is 14.3. The summed E-state index contributed by atoms with van der Waals surface area (Å²) in [4.78, 5) is 2.25. The molecule has 0 aromatic heterocycles. The number of β-amino-alcohol motifs (C(OH)–C–C–N with tert-alkyl or cyclic N) is 1. The first-order valence-corrected chi connectivity index (χ1v) is 14.9.